The molecule has 1 heterocycles. The highest BCUT2D eigenvalue weighted by Gasteiger charge is 2.25. The fraction of sp³-hybridized carbons (Fsp3) is 0.500. The van der Waals surface area contributed by atoms with Gasteiger partial charge in [0.15, 0.2) is 11.5 Å². The standard InChI is InChI=1S/C12H16N2O7/c1-18-7-8-4-9(13-21-8)12(17)14(5-10(15)19-2)6-11(16)20-3/h4H,5-7H2,1-3H3. The summed E-state index contributed by atoms with van der Waals surface area (Å²) in [5, 5.41) is 3.57. The van der Waals surface area contributed by atoms with Crippen LogP contribution in [0.25, 0.3) is 0 Å². The molecule has 21 heavy (non-hydrogen) atoms. The fourth-order valence-corrected chi connectivity index (χ4v) is 1.43. The van der Waals surface area contributed by atoms with Crippen molar-refractivity contribution in [3.63, 3.8) is 0 Å². The summed E-state index contributed by atoms with van der Waals surface area (Å²) in [5.41, 5.74) is -0.0464. The molecule has 0 aliphatic carbocycles. The van der Waals surface area contributed by atoms with Crippen LogP contribution in [0.1, 0.15) is 16.2 Å². The molecule has 0 unspecified atom stereocenters. The van der Waals surface area contributed by atoms with Crippen LogP contribution in [0.15, 0.2) is 10.6 Å². The Morgan fingerprint density at radius 1 is 1.14 bits per heavy atom. The normalized spacial score (nSPS) is 10.0. The first-order valence-corrected chi connectivity index (χ1v) is 5.89. The Kier molecular flexibility index (Phi) is 6.34. The fourth-order valence-electron chi connectivity index (χ4n) is 1.43. The van der Waals surface area contributed by atoms with Crippen LogP contribution in [0.3, 0.4) is 0 Å². The molecule has 0 atom stereocenters. The van der Waals surface area contributed by atoms with E-state index < -0.39 is 30.9 Å². The van der Waals surface area contributed by atoms with Crippen molar-refractivity contribution in [3.8, 4) is 0 Å². The minimum absolute atomic E-state index is 0.0464. The van der Waals surface area contributed by atoms with E-state index in [2.05, 4.69) is 14.6 Å². The highest BCUT2D eigenvalue weighted by Crippen LogP contribution is 2.08. The Balaban J connectivity index is 2.86. The molecule has 0 N–H and O–H groups in total. The van der Waals surface area contributed by atoms with Crippen molar-refractivity contribution in [2.45, 2.75) is 6.61 Å². The van der Waals surface area contributed by atoms with E-state index in [4.69, 9.17) is 9.26 Å². The number of nitrogens with zero attached hydrogens (tertiary/aromatic N) is 2. The van der Waals surface area contributed by atoms with E-state index in [-0.39, 0.29) is 12.3 Å². The van der Waals surface area contributed by atoms with E-state index in [1.54, 1.807) is 0 Å². The number of ether oxygens (including phenoxy) is 3. The van der Waals surface area contributed by atoms with Gasteiger partial charge in [0.25, 0.3) is 5.91 Å². The molecule has 0 aliphatic rings. The number of hydrogen-bond donors (Lipinski definition) is 0. The Bertz CT molecular complexity index is 493. The van der Waals surface area contributed by atoms with Crippen molar-refractivity contribution < 1.29 is 33.1 Å². The van der Waals surface area contributed by atoms with Crippen LogP contribution >= 0.6 is 0 Å². The quantitative estimate of drug-likeness (QED) is 0.626. The second-order valence-corrected chi connectivity index (χ2v) is 3.92. The van der Waals surface area contributed by atoms with Gasteiger partial charge in [0.1, 0.15) is 19.7 Å². The molecule has 0 fully saturated rings. The summed E-state index contributed by atoms with van der Waals surface area (Å²) in [6.45, 7) is -0.665. The lowest BCUT2D eigenvalue weighted by Crippen LogP contribution is -2.40. The predicted molar refractivity (Wildman–Crippen MR) is 67.2 cm³/mol. The minimum Gasteiger partial charge on any atom is -0.468 e. The molecular formula is C12H16N2O7. The molecule has 1 aromatic rings. The highest BCUT2D eigenvalue weighted by atomic mass is 16.5. The topological polar surface area (TPSA) is 108 Å². The second kappa shape index (κ2) is 8.00. The van der Waals surface area contributed by atoms with E-state index in [1.165, 1.54) is 27.4 Å². The molecule has 0 spiro atoms. The molecule has 0 bridgehead atoms. The van der Waals surface area contributed by atoms with Crippen molar-refractivity contribution in [3.05, 3.63) is 17.5 Å². The van der Waals surface area contributed by atoms with Gasteiger partial charge in [0.2, 0.25) is 0 Å². The highest BCUT2D eigenvalue weighted by molar-refractivity contribution is 5.96. The zero-order valence-electron chi connectivity index (χ0n) is 12.0. The number of hydrogen-bond acceptors (Lipinski definition) is 8. The Labute approximate surface area is 120 Å². The van der Waals surface area contributed by atoms with Gasteiger partial charge in [0.05, 0.1) is 14.2 Å². The van der Waals surface area contributed by atoms with Gasteiger partial charge in [-0.1, -0.05) is 5.16 Å². The predicted octanol–water partition coefficient (Wildman–Crippen LogP) is -0.391. The van der Waals surface area contributed by atoms with Gasteiger partial charge < -0.3 is 23.6 Å². The average Bonchev–Trinajstić information content (AvgIpc) is 2.94. The molecule has 0 saturated carbocycles. The van der Waals surface area contributed by atoms with Crippen molar-refractivity contribution in [2.24, 2.45) is 0 Å². The maximum atomic E-state index is 12.2. The van der Waals surface area contributed by atoms with Gasteiger partial charge in [-0.25, -0.2) is 0 Å². The molecule has 1 aromatic heterocycles. The number of amides is 1. The lowest BCUT2D eigenvalue weighted by Gasteiger charge is -2.18. The van der Waals surface area contributed by atoms with Crippen LogP contribution < -0.4 is 0 Å². The summed E-state index contributed by atoms with van der Waals surface area (Å²) in [6.07, 6.45) is 0. The molecule has 9 heteroatoms. The van der Waals surface area contributed by atoms with E-state index >= 15 is 0 Å². The average molecular weight is 300 g/mol. The van der Waals surface area contributed by atoms with E-state index in [0.717, 1.165) is 4.90 Å². The molecule has 0 saturated heterocycles. The number of carbonyl (C=O) groups is 3. The first-order chi connectivity index (χ1) is 10.0. The third-order valence-corrected chi connectivity index (χ3v) is 2.45. The van der Waals surface area contributed by atoms with Gasteiger partial charge in [0, 0.05) is 13.2 Å². The SMILES string of the molecule is COCc1cc(C(=O)N(CC(=O)OC)CC(=O)OC)no1. The number of esters is 2. The number of rotatable bonds is 7. The molecule has 0 radical (unpaired) electrons. The molecule has 116 valence electrons. The first kappa shape index (κ1) is 16.6. The summed E-state index contributed by atoms with van der Waals surface area (Å²) in [7, 11) is 3.82. The van der Waals surface area contributed by atoms with Crippen LogP contribution in [0.5, 0.6) is 0 Å². The monoisotopic (exact) mass is 300 g/mol. The summed E-state index contributed by atoms with van der Waals surface area (Å²) in [6, 6.07) is 1.37. The van der Waals surface area contributed by atoms with Crippen LogP contribution in [-0.2, 0) is 30.4 Å². The van der Waals surface area contributed by atoms with Crippen molar-refractivity contribution in [1.29, 1.82) is 0 Å². The van der Waals surface area contributed by atoms with Crippen LogP contribution in [0.4, 0.5) is 0 Å². The lowest BCUT2D eigenvalue weighted by molar-refractivity contribution is -0.144. The summed E-state index contributed by atoms with van der Waals surface area (Å²) < 4.78 is 18.7. The first-order valence-electron chi connectivity index (χ1n) is 5.89. The summed E-state index contributed by atoms with van der Waals surface area (Å²) in [5.74, 6) is -1.66. The smallest absolute Gasteiger partial charge is 0.325 e. The zero-order chi connectivity index (χ0) is 15.8. The Morgan fingerprint density at radius 2 is 1.71 bits per heavy atom. The van der Waals surface area contributed by atoms with E-state index in [0.29, 0.717) is 5.76 Å². The van der Waals surface area contributed by atoms with Crippen LogP contribution in [0.2, 0.25) is 0 Å². The third kappa shape index (κ3) is 4.88. The maximum Gasteiger partial charge on any atom is 0.325 e. The number of carbonyl (C=O) groups excluding carboxylic acids is 3. The molecule has 0 aromatic carbocycles. The van der Waals surface area contributed by atoms with Gasteiger partial charge in [-0.15, -0.1) is 0 Å². The van der Waals surface area contributed by atoms with Crippen LogP contribution in [0, 0.1) is 0 Å². The molecule has 1 amide bonds. The lowest BCUT2D eigenvalue weighted by atomic mass is 10.3. The van der Waals surface area contributed by atoms with Crippen LogP contribution in [-0.4, -0.2) is 62.3 Å². The summed E-state index contributed by atoms with van der Waals surface area (Å²) >= 11 is 0. The zero-order valence-corrected chi connectivity index (χ0v) is 12.0. The largest absolute Gasteiger partial charge is 0.468 e. The van der Waals surface area contributed by atoms with Gasteiger partial charge in [-0.2, -0.15) is 0 Å². The molecule has 1 rings (SSSR count). The van der Waals surface area contributed by atoms with E-state index in [1.807, 2.05) is 0 Å². The number of aromatic nitrogens is 1. The Morgan fingerprint density at radius 3 is 2.19 bits per heavy atom. The second-order valence-electron chi connectivity index (χ2n) is 3.92. The maximum absolute atomic E-state index is 12.2. The molecular weight excluding hydrogens is 284 g/mol. The molecule has 0 aliphatic heterocycles. The third-order valence-electron chi connectivity index (χ3n) is 2.45. The van der Waals surface area contributed by atoms with Crippen molar-refractivity contribution in [1.82, 2.24) is 10.1 Å². The van der Waals surface area contributed by atoms with Crippen molar-refractivity contribution in [2.75, 3.05) is 34.4 Å². The van der Waals surface area contributed by atoms with Crippen molar-refractivity contribution >= 4 is 17.8 Å². The van der Waals surface area contributed by atoms with E-state index in [9.17, 15) is 14.4 Å². The minimum atomic E-state index is -0.673. The van der Waals surface area contributed by atoms with Gasteiger partial charge in [-0.3, -0.25) is 14.4 Å². The van der Waals surface area contributed by atoms with Gasteiger partial charge >= 0.3 is 11.9 Å². The number of methoxy groups -OCH3 is 3. The van der Waals surface area contributed by atoms with Gasteiger partial charge in [-0.05, 0) is 0 Å². The summed E-state index contributed by atoms with van der Waals surface area (Å²) in [4.78, 5) is 35.8. The molecule has 9 nitrogen and oxygen atoms in total. The Hall–Kier alpha value is -2.42.